The maximum atomic E-state index is 14.1. The first-order chi connectivity index (χ1) is 18.9. The van der Waals surface area contributed by atoms with Crippen LogP contribution in [0.15, 0.2) is 48.5 Å². The molecule has 3 amide bonds. The van der Waals surface area contributed by atoms with Crippen molar-refractivity contribution in [3.05, 3.63) is 70.8 Å². The molecule has 0 aliphatic heterocycles. The third-order valence-electron chi connectivity index (χ3n) is 6.19. The van der Waals surface area contributed by atoms with E-state index >= 15 is 0 Å². The van der Waals surface area contributed by atoms with E-state index < -0.39 is 53.2 Å². The fourth-order valence-corrected chi connectivity index (χ4v) is 4.40. The van der Waals surface area contributed by atoms with Gasteiger partial charge in [-0.3, -0.25) is 9.59 Å². The van der Waals surface area contributed by atoms with Crippen LogP contribution in [0.2, 0.25) is 0 Å². The number of hydrogen-bond donors (Lipinski definition) is 2. The molecule has 0 radical (unpaired) electrons. The third-order valence-corrected chi connectivity index (χ3v) is 6.19. The first kappa shape index (κ1) is 33.3. The molecule has 0 heterocycles. The number of carbonyl (C=O) groups is 4. The summed E-state index contributed by atoms with van der Waals surface area (Å²) in [6, 6.07) is 11.8. The molecule has 9 heteroatoms. The Balaban J connectivity index is 2.45. The number of nitrogens with one attached hydrogen (secondary N) is 2. The normalized spacial score (nSPS) is 13.8. The quantitative estimate of drug-likeness (QED) is 0.422. The largest absolute Gasteiger partial charge is 0.458 e. The van der Waals surface area contributed by atoms with E-state index in [9.17, 15) is 19.2 Å². The molecule has 224 valence electrons. The number of hydrogen-bond acceptors (Lipinski definition) is 6. The van der Waals surface area contributed by atoms with Crippen LogP contribution >= 0.6 is 0 Å². The Labute approximate surface area is 244 Å². The van der Waals surface area contributed by atoms with Gasteiger partial charge in [0.1, 0.15) is 29.3 Å². The predicted octanol–water partition coefficient (Wildman–Crippen LogP) is 4.79. The molecule has 2 aromatic carbocycles. The zero-order valence-electron chi connectivity index (χ0n) is 26.0. The Morgan fingerprint density at radius 1 is 0.805 bits per heavy atom. The first-order valence-electron chi connectivity index (χ1n) is 13.8. The summed E-state index contributed by atoms with van der Waals surface area (Å²) in [6.45, 7) is 15.7. The van der Waals surface area contributed by atoms with Crippen LogP contribution in [0.5, 0.6) is 0 Å². The fraction of sp³-hybridized carbons (Fsp3) is 0.500. The van der Waals surface area contributed by atoms with Gasteiger partial charge >= 0.3 is 12.1 Å². The molecule has 0 saturated heterocycles. The van der Waals surface area contributed by atoms with E-state index in [1.54, 1.807) is 41.5 Å². The average molecular weight is 568 g/mol. The number of benzene rings is 2. The van der Waals surface area contributed by atoms with Gasteiger partial charge in [0, 0.05) is 13.5 Å². The Bertz CT molecular complexity index is 1210. The number of aryl methyl sites for hydroxylation is 2. The van der Waals surface area contributed by atoms with Gasteiger partial charge in [-0.2, -0.15) is 0 Å². The highest BCUT2D eigenvalue weighted by molar-refractivity contribution is 5.94. The van der Waals surface area contributed by atoms with E-state index in [-0.39, 0.29) is 6.42 Å². The van der Waals surface area contributed by atoms with E-state index in [1.165, 1.54) is 18.9 Å². The van der Waals surface area contributed by atoms with Gasteiger partial charge < -0.3 is 25.0 Å². The topological polar surface area (TPSA) is 114 Å². The molecule has 9 nitrogen and oxygen atoms in total. The Hall–Kier alpha value is -3.88. The second-order valence-electron chi connectivity index (χ2n) is 12.3. The van der Waals surface area contributed by atoms with Crippen LogP contribution in [0, 0.1) is 13.8 Å². The van der Waals surface area contributed by atoms with Gasteiger partial charge in [-0.25, -0.2) is 9.59 Å². The number of amides is 3. The van der Waals surface area contributed by atoms with Gasteiger partial charge in [0.25, 0.3) is 0 Å². The minimum Gasteiger partial charge on any atom is -0.458 e. The van der Waals surface area contributed by atoms with Gasteiger partial charge in [-0.1, -0.05) is 48.5 Å². The van der Waals surface area contributed by atoms with E-state index in [2.05, 4.69) is 10.6 Å². The van der Waals surface area contributed by atoms with E-state index in [1.807, 2.05) is 62.4 Å². The number of esters is 1. The van der Waals surface area contributed by atoms with Crippen molar-refractivity contribution in [2.45, 2.75) is 98.1 Å². The predicted molar refractivity (Wildman–Crippen MR) is 158 cm³/mol. The van der Waals surface area contributed by atoms with Crippen LogP contribution in [0.4, 0.5) is 4.79 Å². The van der Waals surface area contributed by atoms with Crippen LogP contribution in [0.3, 0.4) is 0 Å². The summed E-state index contributed by atoms with van der Waals surface area (Å²) in [5.74, 6) is -1.63. The van der Waals surface area contributed by atoms with Crippen molar-refractivity contribution in [1.82, 2.24) is 15.5 Å². The van der Waals surface area contributed by atoms with E-state index in [0.717, 1.165) is 16.7 Å². The van der Waals surface area contributed by atoms with Crippen LogP contribution in [0.1, 0.15) is 76.8 Å². The maximum Gasteiger partial charge on any atom is 0.408 e. The molecule has 0 fully saturated rings. The van der Waals surface area contributed by atoms with Crippen LogP contribution < -0.4 is 10.6 Å². The SMILES string of the molecule is Cc1cccc(C)c1C(C(=O)NC(Cc1ccccc1)C(=O)OC(C)(C)C)N(C)C(=O)C(C)NC(=O)OC(C)(C)C. The standard InChI is InChI=1S/C32H45N3O6/c1-20-15-14-16-21(2)25(20)26(35(10)28(37)22(3)33-30(39)41-32(7,8)9)27(36)34-24(29(38)40-31(4,5)6)19-23-17-12-11-13-18-23/h11-18,22,24,26H,19H2,1-10H3,(H,33,39)(H,34,36). The van der Waals surface area contributed by atoms with E-state index in [0.29, 0.717) is 5.56 Å². The summed E-state index contributed by atoms with van der Waals surface area (Å²) < 4.78 is 10.9. The van der Waals surface area contributed by atoms with Gasteiger partial charge in [-0.15, -0.1) is 0 Å². The van der Waals surface area contributed by atoms with Crippen molar-refractivity contribution in [3.63, 3.8) is 0 Å². The first-order valence-corrected chi connectivity index (χ1v) is 13.8. The average Bonchev–Trinajstić information content (AvgIpc) is 2.83. The summed E-state index contributed by atoms with van der Waals surface area (Å²) in [6.07, 6.45) is -0.539. The second kappa shape index (κ2) is 13.7. The van der Waals surface area contributed by atoms with Gasteiger partial charge in [0.05, 0.1) is 0 Å². The number of rotatable bonds is 9. The molecule has 2 rings (SSSR count). The highest BCUT2D eigenvalue weighted by Gasteiger charge is 2.36. The Kier molecular flexibility index (Phi) is 11.1. The summed E-state index contributed by atoms with van der Waals surface area (Å²) >= 11 is 0. The highest BCUT2D eigenvalue weighted by Crippen LogP contribution is 2.28. The summed E-state index contributed by atoms with van der Waals surface area (Å²) in [5.41, 5.74) is 1.57. The van der Waals surface area contributed by atoms with Crippen molar-refractivity contribution in [1.29, 1.82) is 0 Å². The van der Waals surface area contributed by atoms with Gasteiger partial charge in [0.2, 0.25) is 11.8 Å². The molecular formula is C32H45N3O6. The monoisotopic (exact) mass is 567 g/mol. The van der Waals surface area contributed by atoms with Crippen molar-refractivity contribution in [2.24, 2.45) is 0 Å². The number of carbonyl (C=O) groups excluding carboxylic acids is 4. The molecule has 41 heavy (non-hydrogen) atoms. The zero-order chi connectivity index (χ0) is 31.1. The van der Waals surface area contributed by atoms with Crippen LogP contribution in [-0.2, 0) is 30.3 Å². The van der Waals surface area contributed by atoms with Crippen LogP contribution in [0.25, 0.3) is 0 Å². The highest BCUT2D eigenvalue weighted by atomic mass is 16.6. The maximum absolute atomic E-state index is 14.1. The number of ether oxygens (including phenoxy) is 2. The lowest BCUT2D eigenvalue weighted by Crippen LogP contribution is -2.53. The van der Waals surface area contributed by atoms with Gasteiger partial charge in [0.15, 0.2) is 0 Å². The molecule has 0 bridgehead atoms. The smallest absolute Gasteiger partial charge is 0.408 e. The number of likely N-dealkylation sites (N-methyl/N-ethyl adjacent to an activating group) is 1. The zero-order valence-corrected chi connectivity index (χ0v) is 26.0. The lowest BCUT2D eigenvalue weighted by atomic mass is 9.93. The molecular weight excluding hydrogens is 522 g/mol. The summed E-state index contributed by atoms with van der Waals surface area (Å²) in [7, 11) is 1.51. The molecule has 0 spiro atoms. The Morgan fingerprint density at radius 3 is 1.85 bits per heavy atom. The van der Waals surface area contributed by atoms with Crippen molar-refractivity contribution < 1.29 is 28.7 Å². The number of nitrogens with zero attached hydrogens (tertiary/aromatic N) is 1. The summed E-state index contributed by atoms with van der Waals surface area (Å²) in [5, 5.41) is 5.42. The molecule has 3 unspecified atom stereocenters. The van der Waals surface area contributed by atoms with Crippen molar-refractivity contribution in [3.8, 4) is 0 Å². The number of alkyl carbamates (subject to hydrolysis) is 1. The van der Waals surface area contributed by atoms with Crippen molar-refractivity contribution in [2.75, 3.05) is 7.05 Å². The van der Waals surface area contributed by atoms with Gasteiger partial charge in [-0.05, 0) is 84.6 Å². The molecule has 0 aromatic heterocycles. The molecule has 2 aromatic rings. The Morgan fingerprint density at radius 2 is 1.34 bits per heavy atom. The minimum absolute atomic E-state index is 0.204. The van der Waals surface area contributed by atoms with Crippen molar-refractivity contribution >= 4 is 23.9 Å². The molecule has 3 atom stereocenters. The minimum atomic E-state index is -1.09. The molecule has 0 aliphatic carbocycles. The molecule has 0 saturated carbocycles. The van der Waals surface area contributed by atoms with E-state index in [4.69, 9.17) is 9.47 Å². The summed E-state index contributed by atoms with van der Waals surface area (Å²) in [4.78, 5) is 54.5. The lowest BCUT2D eigenvalue weighted by Gasteiger charge is -2.33. The van der Waals surface area contributed by atoms with Crippen LogP contribution in [-0.4, -0.2) is 59.1 Å². The molecule has 2 N–H and O–H groups in total. The lowest BCUT2D eigenvalue weighted by molar-refractivity contribution is -0.159. The second-order valence-corrected chi connectivity index (χ2v) is 12.3. The fourth-order valence-electron chi connectivity index (χ4n) is 4.40. The molecule has 0 aliphatic rings. The third kappa shape index (κ3) is 10.2.